The zero-order valence-electron chi connectivity index (χ0n) is 11.7. The van der Waals surface area contributed by atoms with E-state index in [2.05, 4.69) is 32.3 Å². The lowest BCUT2D eigenvalue weighted by Crippen LogP contribution is -2.32. The maximum Gasteiger partial charge on any atom is 0.220 e. The van der Waals surface area contributed by atoms with Gasteiger partial charge in [-0.15, -0.1) is 0 Å². The molecule has 1 amide bonds. The van der Waals surface area contributed by atoms with Crippen molar-refractivity contribution in [2.75, 3.05) is 25.1 Å². The summed E-state index contributed by atoms with van der Waals surface area (Å²) in [5, 5.41) is 3.00. The second-order valence-electron chi connectivity index (χ2n) is 5.30. The topological polar surface area (TPSA) is 55.1 Å². The SMILES string of the molecule is CSCC(C)CNC(=O)CC(CN)CC(C)C. The van der Waals surface area contributed by atoms with Crippen molar-refractivity contribution in [3.8, 4) is 0 Å². The highest BCUT2D eigenvalue weighted by Crippen LogP contribution is 2.14. The quantitative estimate of drug-likeness (QED) is 0.667. The van der Waals surface area contributed by atoms with Crippen LogP contribution in [0.25, 0.3) is 0 Å². The van der Waals surface area contributed by atoms with E-state index in [0.29, 0.717) is 30.7 Å². The van der Waals surface area contributed by atoms with Crippen LogP contribution in [0.2, 0.25) is 0 Å². The summed E-state index contributed by atoms with van der Waals surface area (Å²) in [6.45, 7) is 7.87. The number of hydrogen-bond donors (Lipinski definition) is 2. The lowest BCUT2D eigenvalue weighted by molar-refractivity contribution is -0.122. The molecule has 0 rings (SSSR count). The number of rotatable bonds is 9. The Labute approximate surface area is 110 Å². The Morgan fingerprint density at radius 2 is 2.00 bits per heavy atom. The van der Waals surface area contributed by atoms with Gasteiger partial charge in [0.2, 0.25) is 5.91 Å². The molecule has 3 nitrogen and oxygen atoms in total. The van der Waals surface area contributed by atoms with Crippen LogP contribution in [0.3, 0.4) is 0 Å². The molecule has 4 heteroatoms. The van der Waals surface area contributed by atoms with Gasteiger partial charge >= 0.3 is 0 Å². The van der Waals surface area contributed by atoms with E-state index in [1.807, 2.05) is 11.8 Å². The predicted molar refractivity (Wildman–Crippen MR) is 77.2 cm³/mol. The van der Waals surface area contributed by atoms with E-state index in [0.717, 1.165) is 18.7 Å². The second-order valence-corrected chi connectivity index (χ2v) is 6.21. The van der Waals surface area contributed by atoms with Gasteiger partial charge in [0.05, 0.1) is 0 Å². The van der Waals surface area contributed by atoms with Crippen molar-refractivity contribution in [1.29, 1.82) is 0 Å². The van der Waals surface area contributed by atoms with Gasteiger partial charge in [-0.2, -0.15) is 11.8 Å². The maximum absolute atomic E-state index is 11.7. The molecule has 0 heterocycles. The molecular weight excluding hydrogens is 232 g/mol. The van der Waals surface area contributed by atoms with E-state index >= 15 is 0 Å². The molecular formula is C13H28N2OS. The molecule has 0 bridgehead atoms. The van der Waals surface area contributed by atoms with Crippen molar-refractivity contribution in [2.24, 2.45) is 23.5 Å². The standard InChI is InChI=1S/C13H28N2OS/c1-10(2)5-12(7-14)6-13(16)15-8-11(3)9-17-4/h10-12H,5-9,14H2,1-4H3,(H,15,16). The normalized spacial score (nSPS) is 14.7. The summed E-state index contributed by atoms with van der Waals surface area (Å²) < 4.78 is 0. The van der Waals surface area contributed by atoms with Gasteiger partial charge in [-0.1, -0.05) is 20.8 Å². The molecule has 0 aromatic carbocycles. The first-order valence-electron chi connectivity index (χ1n) is 6.45. The summed E-state index contributed by atoms with van der Waals surface area (Å²) in [4.78, 5) is 11.7. The number of carbonyl (C=O) groups excluding carboxylic acids is 1. The molecule has 0 radical (unpaired) electrons. The first kappa shape index (κ1) is 16.8. The van der Waals surface area contributed by atoms with Crippen molar-refractivity contribution in [1.82, 2.24) is 5.32 Å². The third kappa shape index (κ3) is 9.48. The lowest BCUT2D eigenvalue weighted by Gasteiger charge is -2.17. The minimum atomic E-state index is 0.147. The van der Waals surface area contributed by atoms with Gasteiger partial charge in [-0.05, 0) is 42.7 Å². The van der Waals surface area contributed by atoms with Crippen LogP contribution in [0.5, 0.6) is 0 Å². The van der Waals surface area contributed by atoms with Gasteiger partial charge in [-0.3, -0.25) is 4.79 Å². The summed E-state index contributed by atoms with van der Waals surface area (Å²) in [6, 6.07) is 0. The summed E-state index contributed by atoms with van der Waals surface area (Å²) in [6.07, 6.45) is 3.69. The zero-order chi connectivity index (χ0) is 13.3. The molecule has 0 aromatic rings. The molecule has 3 N–H and O–H groups in total. The fraction of sp³-hybridized carbons (Fsp3) is 0.923. The smallest absolute Gasteiger partial charge is 0.220 e. The van der Waals surface area contributed by atoms with Gasteiger partial charge in [0, 0.05) is 13.0 Å². The lowest BCUT2D eigenvalue weighted by atomic mass is 9.94. The molecule has 0 aliphatic carbocycles. The Balaban J connectivity index is 3.82. The average Bonchev–Trinajstić information content (AvgIpc) is 2.25. The molecule has 0 saturated heterocycles. The van der Waals surface area contributed by atoms with Crippen molar-refractivity contribution in [3.63, 3.8) is 0 Å². The van der Waals surface area contributed by atoms with Crippen LogP contribution >= 0.6 is 11.8 Å². The zero-order valence-corrected chi connectivity index (χ0v) is 12.5. The highest BCUT2D eigenvalue weighted by Gasteiger charge is 2.14. The molecule has 0 spiro atoms. The van der Waals surface area contributed by atoms with Crippen LogP contribution in [-0.2, 0) is 4.79 Å². The van der Waals surface area contributed by atoms with Crippen LogP contribution in [-0.4, -0.2) is 31.0 Å². The van der Waals surface area contributed by atoms with Gasteiger partial charge in [0.15, 0.2) is 0 Å². The first-order valence-corrected chi connectivity index (χ1v) is 7.84. The van der Waals surface area contributed by atoms with E-state index in [4.69, 9.17) is 5.73 Å². The summed E-state index contributed by atoms with van der Waals surface area (Å²) in [5.41, 5.74) is 5.69. The highest BCUT2D eigenvalue weighted by atomic mass is 32.2. The van der Waals surface area contributed by atoms with Crippen LogP contribution in [0.15, 0.2) is 0 Å². The van der Waals surface area contributed by atoms with Crippen LogP contribution in [0, 0.1) is 17.8 Å². The number of hydrogen-bond acceptors (Lipinski definition) is 3. The van der Waals surface area contributed by atoms with Crippen LogP contribution in [0.1, 0.15) is 33.6 Å². The Morgan fingerprint density at radius 3 is 2.47 bits per heavy atom. The molecule has 102 valence electrons. The minimum absolute atomic E-state index is 0.147. The van der Waals surface area contributed by atoms with E-state index < -0.39 is 0 Å². The van der Waals surface area contributed by atoms with E-state index in [9.17, 15) is 4.79 Å². The first-order chi connectivity index (χ1) is 7.99. The van der Waals surface area contributed by atoms with Crippen molar-refractivity contribution in [3.05, 3.63) is 0 Å². The molecule has 0 aliphatic rings. The molecule has 2 unspecified atom stereocenters. The Hall–Kier alpha value is -0.220. The maximum atomic E-state index is 11.7. The number of thioether (sulfide) groups is 1. The van der Waals surface area contributed by atoms with E-state index in [-0.39, 0.29) is 5.91 Å². The summed E-state index contributed by atoms with van der Waals surface area (Å²) in [7, 11) is 0. The summed E-state index contributed by atoms with van der Waals surface area (Å²) >= 11 is 1.82. The predicted octanol–water partition coefficient (Wildman–Crippen LogP) is 2.11. The van der Waals surface area contributed by atoms with Crippen molar-refractivity contribution in [2.45, 2.75) is 33.6 Å². The molecule has 2 atom stereocenters. The Kier molecular flexibility index (Phi) is 9.65. The van der Waals surface area contributed by atoms with Gasteiger partial charge in [-0.25, -0.2) is 0 Å². The van der Waals surface area contributed by atoms with Gasteiger partial charge in [0.25, 0.3) is 0 Å². The minimum Gasteiger partial charge on any atom is -0.356 e. The largest absolute Gasteiger partial charge is 0.356 e. The molecule has 0 aromatic heterocycles. The molecule has 17 heavy (non-hydrogen) atoms. The highest BCUT2D eigenvalue weighted by molar-refractivity contribution is 7.98. The molecule has 0 aliphatic heterocycles. The number of carbonyl (C=O) groups is 1. The van der Waals surface area contributed by atoms with Crippen LogP contribution < -0.4 is 11.1 Å². The van der Waals surface area contributed by atoms with Crippen LogP contribution in [0.4, 0.5) is 0 Å². The fourth-order valence-corrected chi connectivity index (χ4v) is 2.58. The monoisotopic (exact) mass is 260 g/mol. The summed E-state index contributed by atoms with van der Waals surface area (Å²) in [5.74, 6) is 2.70. The van der Waals surface area contributed by atoms with E-state index in [1.165, 1.54) is 0 Å². The third-order valence-corrected chi connectivity index (χ3v) is 3.61. The number of nitrogens with two attached hydrogens (primary N) is 1. The number of nitrogens with one attached hydrogen (secondary N) is 1. The number of amides is 1. The van der Waals surface area contributed by atoms with Gasteiger partial charge in [0.1, 0.15) is 0 Å². The second kappa shape index (κ2) is 9.77. The van der Waals surface area contributed by atoms with E-state index in [1.54, 1.807) is 0 Å². The Bertz CT molecular complexity index is 210. The fourth-order valence-electron chi connectivity index (χ4n) is 1.90. The third-order valence-electron chi connectivity index (χ3n) is 2.71. The van der Waals surface area contributed by atoms with Crippen molar-refractivity contribution < 1.29 is 4.79 Å². The Morgan fingerprint density at radius 1 is 1.35 bits per heavy atom. The molecule has 0 saturated carbocycles. The molecule has 0 fully saturated rings. The van der Waals surface area contributed by atoms with Gasteiger partial charge < -0.3 is 11.1 Å². The average molecular weight is 260 g/mol. The van der Waals surface area contributed by atoms with Crippen molar-refractivity contribution >= 4 is 17.7 Å².